The highest BCUT2D eigenvalue weighted by atomic mass is 16.5. The smallest absolute Gasteiger partial charge is 0.316 e. The number of pyridine rings is 1. The number of amides is 3. The monoisotopic (exact) mass is 619 g/mol. The Kier molecular flexibility index (Phi) is 9.60. The standard InChI is InChI=1S/C34H45N5O6/c1-20(2)29-30(41)35-21(3)31(42)39-18-6-7-27(37-39)32(43)38(5)22(4)26-11-10-24-9-8-23(19-28(24)36-26)12-15-34(33(44)45-29)16-13-25(40)14-17-34/h8-12,15,19-22,25,27,29,37,40H,6-7,13-14,16-18H2,1-5H3,(H,35,41). The number of esters is 1. The van der Waals surface area contributed by atoms with Gasteiger partial charge in [-0.3, -0.25) is 29.2 Å². The van der Waals surface area contributed by atoms with Gasteiger partial charge in [0.15, 0.2) is 6.10 Å². The van der Waals surface area contributed by atoms with Crippen LogP contribution in [0.4, 0.5) is 0 Å². The van der Waals surface area contributed by atoms with Gasteiger partial charge in [0.2, 0.25) is 5.91 Å². The van der Waals surface area contributed by atoms with Crippen molar-refractivity contribution in [3.05, 3.63) is 47.7 Å². The van der Waals surface area contributed by atoms with Crippen LogP contribution >= 0.6 is 0 Å². The van der Waals surface area contributed by atoms with Crippen molar-refractivity contribution in [1.82, 2.24) is 25.6 Å². The number of benzene rings is 1. The van der Waals surface area contributed by atoms with Crippen LogP contribution in [0.5, 0.6) is 0 Å². The molecule has 3 aliphatic rings. The van der Waals surface area contributed by atoms with Gasteiger partial charge in [0.05, 0.1) is 28.8 Å². The summed E-state index contributed by atoms with van der Waals surface area (Å²) in [5.41, 5.74) is 4.37. The highest BCUT2D eigenvalue weighted by Gasteiger charge is 2.43. The number of aliphatic hydroxyl groups excluding tert-OH is 1. The summed E-state index contributed by atoms with van der Waals surface area (Å²) in [7, 11) is 1.74. The van der Waals surface area contributed by atoms with Crippen LogP contribution in [-0.2, 0) is 23.9 Å². The van der Waals surface area contributed by atoms with E-state index >= 15 is 0 Å². The van der Waals surface area contributed by atoms with Gasteiger partial charge < -0.3 is 20.1 Å². The third-order valence-electron chi connectivity index (χ3n) is 9.52. The van der Waals surface area contributed by atoms with Crippen molar-refractivity contribution < 1.29 is 29.0 Å². The molecule has 1 aliphatic carbocycles. The van der Waals surface area contributed by atoms with Crippen molar-refractivity contribution in [2.24, 2.45) is 11.3 Å². The van der Waals surface area contributed by atoms with E-state index < -0.39 is 41.6 Å². The van der Waals surface area contributed by atoms with Gasteiger partial charge in [0.1, 0.15) is 12.1 Å². The molecular formula is C34H45N5O6. The maximum Gasteiger partial charge on any atom is 0.316 e. The van der Waals surface area contributed by atoms with E-state index in [1.807, 2.05) is 49.4 Å². The van der Waals surface area contributed by atoms with Crippen LogP contribution in [0.2, 0.25) is 0 Å². The molecule has 11 heteroatoms. The maximum atomic E-state index is 13.9. The molecule has 0 radical (unpaired) electrons. The number of hydrogen-bond donors (Lipinski definition) is 3. The van der Waals surface area contributed by atoms with Crippen LogP contribution in [0, 0.1) is 11.3 Å². The lowest BCUT2D eigenvalue weighted by atomic mass is 9.72. The number of aliphatic hydroxyl groups is 1. The molecule has 4 unspecified atom stereocenters. The number of carbonyl (C=O) groups is 4. The number of likely N-dealkylation sites (N-methyl/N-ethyl adjacent to an activating group) is 1. The number of aromatic nitrogens is 1. The summed E-state index contributed by atoms with van der Waals surface area (Å²) >= 11 is 0. The van der Waals surface area contributed by atoms with E-state index in [-0.39, 0.29) is 23.8 Å². The molecule has 242 valence electrons. The lowest BCUT2D eigenvalue weighted by Gasteiger charge is -2.37. The first-order chi connectivity index (χ1) is 21.4. The van der Waals surface area contributed by atoms with Crippen LogP contribution in [0.25, 0.3) is 17.0 Å². The van der Waals surface area contributed by atoms with E-state index in [9.17, 15) is 24.3 Å². The average molecular weight is 620 g/mol. The molecule has 3 amide bonds. The Morgan fingerprint density at radius 3 is 2.44 bits per heavy atom. The second-order valence-corrected chi connectivity index (χ2v) is 13.1. The largest absolute Gasteiger partial charge is 0.451 e. The number of carbonyl (C=O) groups excluding carboxylic acids is 4. The van der Waals surface area contributed by atoms with E-state index in [1.165, 1.54) is 5.01 Å². The average Bonchev–Trinajstić information content (AvgIpc) is 3.04. The highest BCUT2D eigenvalue weighted by molar-refractivity contribution is 5.92. The van der Waals surface area contributed by atoms with Crippen molar-refractivity contribution in [2.45, 2.75) is 96.6 Å². The Morgan fingerprint density at radius 2 is 1.73 bits per heavy atom. The molecule has 4 atom stereocenters. The molecule has 2 aromatic rings. The first-order valence-electron chi connectivity index (χ1n) is 16.0. The van der Waals surface area contributed by atoms with Crippen molar-refractivity contribution in [3.63, 3.8) is 0 Å². The van der Waals surface area contributed by atoms with Crippen LogP contribution < -0.4 is 10.7 Å². The molecule has 1 saturated heterocycles. The Balaban J connectivity index is 1.55. The van der Waals surface area contributed by atoms with Crippen LogP contribution in [0.15, 0.2) is 36.4 Å². The van der Waals surface area contributed by atoms with Crippen molar-refractivity contribution in [2.75, 3.05) is 13.6 Å². The third kappa shape index (κ3) is 6.89. The molecular weight excluding hydrogens is 574 g/mol. The van der Waals surface area contributed by atoms with Crippen LogP contribution in [0.1, 0.15) is 83.5 Å². The van der Waals surface area contributed by atoms with Crippen LogP contribution in [0.3, 0.4) is 0 Å². The molecule has 1 saturated carbocycles. The van der Waals surface area contributed by atoms with Gasteiger partial charge >= 0.3 is 5.97 Å². The summed E-state index contributed by atoms with van der Waals surface area (Å²) in [6, 6.07) is 7.89. The van der Waals surface area contributed by atoms with Crippen molar-refractivity contribution in [1.29, 1.82) is 0 Å². The van der Waals surface area contributed by atoms with E-state index in [4.69, 9.17) is 9.72 Å². The van der Waals surface area contributed by atoms with Crippen molar-refractivity contribution in [3.8, 4) is 0 Å². The summed E-state index contributed by atoms with van der Waals surface area (Å²) in [6.45, 7) is 7.47. The fraction of sp³-hybridized carbons (Fsp3) is 0.559. The minimum absolute atomic E-state index is 0.157. The number of cyclic esters (lactones) is 1. The van der Waals surface area contributed by atoms with Gasteiger partial charge in [-0.25, -0.2) is 5.43 Å². The topological polar surface area (TPSA) is 141 Å². The quantitative estimate of drug-likeness (QED) is 0.413. The zero-order chi connectivity index (χ0) is 32.5. The molecule has 5 bridgehead atoms. The molecule has 3 N–H and O–H groups in total. The second-order valence-electron chi connectivity index (χ2n) is 13.1. The fourth-order valence-corrected chi connectivity index (χ4v) is 6.37. The Labute approximate surface area is 264 Å². The summed E-state index contributed by atoms with van der Waals surface area (Å²) in [5, 5.41) is 15.3. The van der Waals surface area contributed by atoms with Gasteiger partial charge in [-0.15, -0.1) is 0 Å². The Bertz CT molecular complexity index is 1480. The number of fused-ring (bicyclic) bond motifs is 4. The minimum Gasteiger partial charge on any atom is -0.451 e. The summed E-state index contributed by atoms with van der Waals surface area (Å²) in [6.07, 6.45) is 4.87. The number of rotatable bonds is 1. The SMILES string of the molecule is CC1NC(=O)C(C(C)C)OC(=O)C2(C=Cc3ccc4ccc(nc4c3)C(C)N(C)C(=O)C3CCCN(N3)C1=O)CCC(O)CC2. The molecule has 1 spiro atoms. The molecule has 11 nitrogen and oxygen atoms in total. The first kappa shape index (κ1) is 32.6. The highest BCUT2D eigenvalue weighted by Crippen LogP contribution is 2.40. The molecule has 1 aromatic heterocycles. The van der Waals surface area contributed by atoms with E-state index in [2.05, 4.69) is 10.7 Å². The molecule has 2 fully saturated rings. The van der Waals surface area contributed by atoms with Gasteiger partial charge in [-0.1, -0.05) is 44.2 Å². The zero-order valence-electron chi connectivity index (χ0n) is 26.8. The summed E-state index contributed by atoms with van der Waals surface area (Å²) < 4.78 is 5.95. The van der Waals surface area contributed by atoms with E-state index in [0.717, 1.165) is 22.2 Å². The van der Waals surface area contributed by atoms with Gasteiger partial charge in [-0.05, 0) is 76.0 Å². The minimum atomic E-state index is -1.12. The van der Waals surface area contributed by atoms with Gasteiger partial charge in [0.25, 0.3) is 11.8 Å². The Morgan fingerprint density at radius 1 is 1.02 bits per heavy atom. The van der Waals surface area contributed by atoms with Gasteiger partial charge in [0, 0.05) is 19.0 Å². The first-order valence-corrected chi connectivity index (χ1v) is 16.0. The van der Waals surface area contributed by atoms with Crippen LogP contribution in [-0.4, -0.2) is 81.6 Å². The molecule has 45 heavy (non-hydrogen) atoms. The number of nitrogens with zero attached hydrogens (tertiary/aromatic N) is 3. The molecule has 2 aliphatic heterocycles. The second kappa shape index (κ2) is 13.3. The molecule has 5 rings (SSSR count). The number of ether oxygens (including phenoxy) is 1. The zero-order valence-corrected chi connectivity index (χ0v) is 26.8. The fourth-order valence-electron chi connectivity index (χ4n) is 6.37. The number of hydrazine groups is 1. The predicted octanol–water partition coefficient (Wildman–Crippen LogP) is 3.27. The summed E-state index contributed by atoms with van der Waals surface area (Å²) in [5.74, 6) is -1.99. The van der Waals surface area contributed by atoms with Crippen molar-refractivity contribution >= 4 is 40.7 Å². The predicted molar refractivity (Wildman–Crippen MR) is 169 cm³/mol. The normalized spacial score (nSPS) is 30.6. The third-order valence-corrected chi connectivity index (χ3v) is 9.52. The van der Waals surface area contributed by atoms with E-state index in [1.54, 1.807) is 32.7 Å². The number of nitrogens with one attached hydrogen (secondary N) is 2. The molecule has 1 aromatic carbocycles. The molecule has 3 heterocycles. The Hall–Kier alpha value is -3.83. The lowest BCUT2D eigenvalue weighted by Crippen LogP contribution is -2.61. The number of hydrogen-bond acceptors (Lipinski definition) is 8. The summed E-state index contributed by atoms with van der Waals surface area (Å²) in [4.78, 5) is 60.9. The van der Waals surface area contributed by atoms with Gasteiger partial charge in [-0.2, -0.15) is 0 Å². The maximum absolute atomic E-state index is 13.9. The lowest BCUT2D eigenvalue weighted by molar-refractivity contribution is -0.168. The van der Waals surface area contributed by atoms with E-state index in [0.29, 0.717) is 45.1 Å².